The van der Waals surface area contributed by atoms with Crippen LogP contribution in [0, 0.1) is 0 Å². The maximum Gasteiger partial charge on any atom is 0.0546 e. The Morgan fingerprint density at radius 1 is 0.455 bits per heavy atom. The van der Waals surface area contributed by atoms with Crippen molar-refractivity contribution in [2.75, 3.05) is 4.90 Å². The molecule has 0 saturated carbocycles. The quantitative estimate of drug-likeness (QED) is 0.173. The number of anilines is 3. The van der Waals surface area contributed by atoms with Gasteiger partial charge in [0.15, 0.2) is 0 Å². The predicted molar refractivity (Wildman–Crippen MR) is 235 cm³/mol. The molecular weight excluding hydrogens is 665 g/mol. The van der Waals surface area contributed by atoms with E-state index in [9.17, 15) is 0 Å². The molecule has 10 rings (SSSR count). The minimum atomic E-state index is -0.189. The Balaban J connectivity index is 1.34. The van der Waals surface area contributed by atoms with Crippen molar-refractivity contribution in [2.45, 2.75) is 45.6 Å². The molecule has 0 aliphatic heterocycles. The lowest BCUT2D eigenvalue weighted by atomic mass is 9.81. The summed E-state index contributed by atoms with van der Waals surface area (Å²) >= 11 is 0. The normalized spacial score (nSPS) is 13.3. The molecule has 1 aliphatic carbocycles. The second-order valence-corrected chi connectivity index (χ2v) is 16.6. The molecule has 8 aromatic carbocycles. The van der Waals surface area contributed by atoms with Gasteiger partial charge in [0.25, 0.3) is 0 Å². The van der Waals surface area contributed by atoms with E-state index < -0.39 is 0 Å². The third kappa shape index (κ3) is 5.16. The first-order valence-corrected chi connectivity index (χ1v) is 19.4. The van der Waals surface area contributed by atoms with E-state index in [1.165, 1.54) is 77.1 Å². The predicted octanol–water partition coefficient (Wildman–Crippen LogP) is 14.8. The zero-order valence-electron chi connectivity index (χ0n) is 32.1. The highest BCUT2D eigenvalue weighted by Crippen LogP contribution is 2.55. The number of nitrogens with zero attached hydrogens (tertiary/aromatic N) is 2. The van der Waals surface area contributed by atoms with Crippen LogP contribution in [0.1, 0.15) is 45.7 Å². The van der Waals surface area contributed by atoms with E-state index in [1.807, 2.05) is 0 Å². The van der Waals surface area contributed by atoms with Gasteiger partial charge < -0.3 is 9.47 Å². The molecule has 0 N–H and O–H groups in total. The van der Waals surface area contributed by atoms with Crippen molar-refractivity contribution in [3.8, 4) is 33.4 Å². The lowest BCUT2D eigenvalue weighted by Gasteiger charge is -2.32. The summed E-state index contributed by atoms with van der Waals surface area (Å²) in [6.07, 6.45) is 0. The third-order valence-corrected chi connectivity index (χ3v) is 11.8. The minimum Gasteiger partial charge on any atom is -0.335 e. The SMILES string of the molecule is CC1(C)c2ccccc2-c2c(-c3ccccc3)cc(N(c3ccc4c5ccccc5n(C(C)(C)C)c4c3)c3ccc4ccccc4c3-c3ccccc3)cc21. The highest BCUT2D eigenvalue weighted by Gasteiger charge is 2.38. The second-order valence-electron chi connectivity index (χ2n) is 16.6. The average Bonchev–Trinajstić information content (AvgIpc) is 3.67. The van der Waals surface area contributed by atoms with Crippen LogP contribution in [0.2, 0.25) is 0 Å². The molecule has 0 bridgehead atoms. The molecule has 9 aromatic rings. The Hall–Kier alpha value is -6.38. The topological polar surface area (TPSA) is 8.17 Å². The highest BCUT2D eigenvalue weighted by molar-refractivity contribution is 6.11. The zero-order chi connectivity index (χ0) is 37.5. The van der Waals surface area contributed by atoms with E-state index in [2.05, 4.69) is 220 Å². The maximum atomic E-state index is 2.53. The fraction of sp³-hybridized carbons (Fsp3) is 0.132. The van der Waals surface area contributed by atoms with Crippen molar-refractivity contribution in [1.29, 1.82) is 0 Å². The van der Waals surface area contributed by atoms with E-state index in [0.717, 1.165) is 17.1 Å². The van der Waals surface area contributed by atoms with E-state index in [0.29, 0.717) is 0 Å². The molecule has 2 heteroatoms. The molecule has 0 spiro atoms. The van der Waals surface area contributed by atoms with Crippen LogP contribution >= 0.6 is 0 Å². The number of benzene rings is 8. The Morgan fingerprint density at radius 2 is 1.09 bits per heavy atom. The van der Waals surface area contributed by atoms with Gasteiger partial charge in [-0.05, 0) is 107 Å². The number of rotatable bonds is 5. The summed E-state index contributed by atoms with van der Waals surface area (Å²) in [6.45, 7) is 11.7. The summed E-state index contributed by atoms with van der Waals surface area (Å²) in [7, 11) is 0. The zero-order valence-corrected chi connectivity index (χ0v) is 32.1. The van der Waals surface area contributed by atoms with Crippen LogP contribution in [0.4, 0.5) is 17.1 Å². The van der Waals surface area contributed by atoms with Gasteiger partial charge in [0.2, 0.25) is 0 Å². The number of para-hydroxylation sites is 1. The van der Waals surface area contributed by atoms with E-state index in [-0.39, 0.29) is 11.0 Å². The smallest absolute Gasteiger partial charge is 0.0546 e. The van der Waals surface area contributed by atoms with Crippen molar-refractivity contribution in [3.63, 3.8) is 0 Å². The summed E-state index contributed by atoms with van der Waals surface area (Å²) < 4.78 is 2.52. The van der Waals surface area contributed by atoms with Crippen molar-refractivity contribution in [2.24, 2.45) is 0 Å². The van der Waals surface area contributed by atoms with Gasteiger partial charge in [-0.2, -0.15) is 0 Å². The maximum absolute atomic E-state index is 2.53. The van der Waals surface area contributed by atoms with Crippen molar-refractivity contribution < 1.29 is 0 Å². The molecule has 0 saturated heterocycles. The van der Waals surface area contributed by atoms with Gasteiger partial charge in [-0.25, -0.2) is 0 Å². The standard InChI is InChI=1S/C53H44N2/c1-52(2,3)55-47-27-17-15-24-41(47)42-30-29-38(34-49(42)55)54(48-31-28-36-20-12-13-23-40(36)50(48)37-21-10-7-11-22-37)39-32-44(35-18-8-6-9-19-35)51-43-25-14-16-26-45(43)53(4,5)46(51)33-39/h6-34H,1-5H3. The Morgan fingerprint density at radius 3 is 1.85 bits per heavy atom. The van der Waals surface area contributed by atoms with Gasteiger partial charge in [-0.1, -0.05) is 153 Å². The molecule has 0 unspecified atom stereocenters. The van der Waals surface area contributed by atoms with Gasteiger partial charge in [0, 0.05) is 44.2 Å². The molecule has 0 atom stereocenters. The molecular formula is C53H44N2. The van der Waals surface area contributed by atoms with Crippen molar-refractivity contribution in [3.05, 3.63) is 187 Å². The van der Waals surface area contributed by atoms with Crippen LogP contribution in [-0.2, 0) is 11.0 Å². The van der Waals surface area contributed by atoms with Gasteiger partial charge in [0.1, 0.15) is 0 Å². The second kappa shape index (κ2) is 12.3. The summed E-state index contributed by atoms with van der Waals surface area (Å²) in [6, 6.07) is 65.2. The van der Waals surface area contributed by atoms with Gasteiger partial charge in [0.05, 0.1) is 11.2 Å². The fourth-order valence-electron chi connectivity index (χ4n) is 9.38. The highest BCUT2D eigenvalue weighted by atomic mass is 15.1. The first-order chi connectivity index (χ1) is 26.7. The molecule has 55 heavy (non-hydrogen) atoms. The van der Waals surface area contributed by atoms with E-state index in [4.69, 9.17) is 0 Å². The number of hydrogen-bond acceptors (Lipinski definition) is 1. The van der Waals surface area contributed by atoms with Gasteiger partial charge in [-0.15, -0.1) is 0 Å². The molecule has 1 heterocycles. The van der Waals surface area contributed by atoms with Crippen LogP contribution in [0.5, 0.6) is 0 Å². The lowest BCUT2D eigenvalue weighted by molar-refractivity contribution is 0.423. The Labute approximate surface area is 323 Å². The molecule has 1 aliphatic rings. The molecule has 0 amide bonds. The Kier molecular flexibility index (Phi) is 7.44. The van der Waals surface area contributed by atoms with Crippen molar-refractivity contribution in [1.82, 2.24) is 4.57 Å². The molecule has 0 radical (unpaired) electrons. The largest absolute Gasteiger partial charge is 0.335 e. The molecule has 0 fully saturated rings. The average molecular weight is 709 g/mol. The summed E-state index contributed by atoms with van der Waals surface area (Å²) in [4.78, 5) is 2.53. The monoisotopic (exact) mass is 708 g/mol. The first-order valence-electron chi connectivity index (χ1n) is 19.4. The Bertz CT molecular complexity index is 2920. The lowest BCUT2D eigenvalue weighted by Crippen LogP contribution is -2.21. The van der Waals surface area contributed by atoms with E-state index >= 15 is 0 Å². The van der Waals surface area contributed by atoms with Crippen LogP contribution in [0.25, 0.3) is 66.0 Å². The van der Waals surface area contributed by atoms with Crippen LogP contribution < -0.4 is 4.90 Å². The number of hydrogen-bond donors (Lipinski definition) is 0. The van der Waals surface area contributed by atoms with Crippen LogP contribution in [0.15, 0.2) is 176 Å². The van der Waals surface area contributed by atoms with Crippen molar-refractivity contribution >= 4 is 49.6 Å². The van der Waals surface area contributed by atoms with E-state index in [1.54, 1.807) is 0 Å². The number of fused-ring (bicyclic) bond motifs is 7. The van der Waals surface area contributed by atoms with Gasteiger partial charge >= 0.3 is 0 Å². The summed E-state index contributed by atoms with van der Waals surface area (Å²) in [5, 5.41) is 5.01. The van der Waals surface area contributed by atoms with Crippen LogP contribution in [0.3, 0.4) is 0 Å². The minimum absolute atomic E-state index is 0.132. The first kappa shape index (κ1) is 33.2. The van der Waals surface area contributed by atoms with Gasteiger partial charge in [-0.3, -0.25) is 0 Å². The third-order valence-electron chi connectivity index (χ3n) is 11.8. The number of aromatic nitrogens is 1. The summed E-state index contributed by atoms with van der Waals surface area (Å²) in [5.74, 6) is 0. The fourth-order valence-corrected chi connectivity index (χ4v) is 9.38. The van der Waals surface area contributed by atoms with Crippen LogP contribution in [-0.4, -0.2) is 4.57 Å². The molecule has 2 nitrogen and oxygen atoms in total. The molecule has 1 aromatic heterocycles. The summed E-state index contributed by atoms with van der Waals surface area (Å²) in [5.41, 5.74) is 15.9. The molecule has 266 valence electrons.